The summed E-state index contributed by atoms with van der Waals surface area (Å²) in [5.74, 6) is -0.377. The van der Waals surface area contributed by atoms with E-state index >= 15 is 0 Å². The molecule has 0 aliphatic rings. The summed E-state index contributed by atoms with van der Waals surface area (Å²) < 4.78 is 0. The largest absolute Gasteiger partial charge is 0.733 e. The molecule has 0 atom stereocenters. The number of carbonyl (C=O) groups is 1. The van der Waals surface area contributed by atoms with Crippen molar-refractivity contribution in [3.8, 4) is 0 Å². The smallest absolute Gasteiger partial charge is 0.257 e. The van der Waals surface area contributed by atoms with Crippen molar-refractivity contribution in [3.05, 3.63) is 64.3 Å². The van der Waals surface area contributed by atoms with Gasteiger partial charge in [0.15, 0.2) is 5.11 Å². The van der Waals surface area contributed by atoms with Gasteiger partial charge in [-0.2, -0.15) is 0 Å². The van der Waals surface area contributed by atoms with Gasteiger partial charge in [-0.25, -0.2) is 0 Å². The number of halogens is 1. The Labute approximate surface area is 136 Å². The molecule has 114 valence electrons. The third-order valence-electron chi connectivity index (χ3n) is 2.68. The molecule has 1 amide bonds. The molecule has 3 N–H and O–H groups in total. The van der Waals surface area contributed by atoms with Crippen LogP contribution in [0.2, 0.25) is 5.02 Å². The lowest BCUT2D eigenvalue weighted by atomic mass is 10.2. The van der Waals surface area contributed by atoms with E-state index in [1.807, 2.05) is 0 Å². The Morgan fingerprint density at radius 3 is 2.55 bits per heavy atom. The van der Waals surface area contributed by atoms with E-state index in [9.17, 15) is 10.0 Å². The number of nitrogens with zero attached hydrogens (tertiary/aromatic N) is 1. The number of benzene rings is 2. The van der Waals surface area contributed by atoms with Crippen LogP contribution in [0.5, 0.6) is 0 Å². The van der Waals surface area contributed by atoms with Gasteiger partial charge >= 0.3 is 0 Å². The second-order valence-electron chi connectivity index (χ2n) is 4.21. The summed E-state index contributed by atoms with van der Waals surface area (Å²) in [7, 11) is 0. The average molecular weight is 337 g/mol. The van der Waals surface area contributed by atoms with Crippen LogP contribution < -0.4 is 15.9 Å². The second-order valence-corrected chi connectivity index (χ2v) is 5.03. The summed E-state index contributed by atoms with van der Waals surface area (Å²) >= 11 is 11.0. The van der Waals surface area contributed by atoms with Gasteiger partial charge in [0.05, 0.1) is 16.4 Å². The van der Waals surface area contributed by atoms with Crippen molar-refractivity contribution in [2.75, 3.05) is 10.5 Å². The van der Waals surface area contributed by atoms with Crippen molar-refractivity contribution in [2.24, 2.45) is 0 Å². The van der Waals surface area contributed by atoms with Crippen LogP contribution in [0.1, 0.15) is 10.4 Å². The first-order valence-corrected chi connectivity index (χ1v) is 6.89. The van der Waals surface area contributed by atoms with Gasteiger partial charge in [-0.1, -0.05) is 29.8 Å². The van der Waals surface area contributed by atoms with E-state index in [1.54, 1.807) is 30.3 Å². The molecule has 0 heterocycles. The number of nitrogens with one attached hydrogen (secondary N) is 2. The minimum atomic E-state index is -0.377. The molecule has 0 radical (unpaired) electrons. The molecular formula is C14H11ClN3O3S-. The summed E-state index contributed by atoms with van der Waals surface area (Å²) in [6.45, 7) is 0. The standard InChI is InChI=1S/C14H11ClN3O3S/c15-11-7-6-10(18(20)21)8-12(11)16-14(22)17-13(19)9-4-2-1-3-5-9/h1-8,20H,(H2,16,17,19,22)/q-1. The van der Waals surface area contributed by atoms with Gasteiger partial charge in [-0.15, -0.1) is 0 Å². The lowest BCUT2D eigenvalue weighted by Crippen LogP contribution is -2.34. The minimum absolute atomic E-state index is 0.0169. The molecular weight excluding hydrogens is 326 g/mol. The van der Waals surface area contributed by atoms with Crippen LogP contribution in [0, 0.1) is 5.21 Å². The Morgan fingerprint density at radius 2 is 1.91 bits per heavy atom. The maximum Gasteiger partial charge on any atom is 0.257 e. The van der Waals surface area contributed by atoms with Crippen LogP contribution in [-0.4, -0.2) is 16.2 Å². The van der Waals surface area contributed by atoms with E-state index < -0.39 is 0 Å². The monoisotopic (exact) mass is 336 g/mol. The highest BCUT2D eigenvalue weighted by molar-refractivity contribution is 7.80. The van der Waals surface area contributed by atoms with Crippen LogP contribution in [0.25, 0.3) is 0 Å². The van der Waals surface area contributed by atoms with Gasteiger partial charge < -0.3 is 15.8 Å². The van der Waals surface area contributed by atoms with Crippen molar-refractivity contribution in [1.29, 1.82) is 0 Å². The lowest BCUT2D eigenvalue weighted by Gasteiger charge is -2.22. The summed E-state index contributed by atoms with van der Waals surface area (Å²) in [6.07, 6.45) is 0. The quantitative estimate of drug-likeness (QED) is 0.589. The Balaban J connectivity index is 2.06. The molecule has 0 bridgehead atoms. The lowest BCUT2D eigenvalue weighted by molar-refractivity contribution is 0.0977. The van der Waals surface area contributed by atoms with Crippen molar-refractivity contribution in [2.45, 2.75) is 0 Å². The number of anilines is 2. The summed E-state index contributed by atoms with van der Waals surface area (Å²) in [5, 5.41) is 24.9. The molecule has 0 saturated carbocycles. The first kappa shape index (κ1) is 16.2. The Bertz CT molecular complexity index is 695. The van der Waals surface area contributed by atoms with Gasteiger partial charge in [0.2, 0.25) is 0 Å². The molecule has 0 aromatic heterocycles. The molecule has 22 heavy (non-hydrogen) atoms. The molecule has 0 fully saturated rings. The average Bonchev–Trinajstić information content (AvgIpc) is 2.50. The van der Waals surface area contributed by atoms with E-state index in [2.05, 4.69) is 10.6 Å². The van der Waals surface area contributed by atoms with Gasteiger partial charge in [0, 0.05) is 5.56 Å². The highest BCUT2D eigenvalue weighted by Crippen LogP contribution is 2.26. The fourth-order valence-electron chi connectivity index (χ4n) is 1.65. The van der Waals surface area contributed by atoms with Crippen molar-refractivity contribution < 1.29 is 10.0 Å². The van der Waals surface area contributed by atoms with Crippen LogP contribution in [0.4, 0.5) is 11.4 Å². The zero-order valence-corrected chi connectivity index (χ0v) is 12.7. The number of hydrogen-bond donors (Lipinski definition) is 3. The molecule has 2 aromatic carbocycles. The maximum atomic E-state index is 11.9. The van der Waals surface area contributed by atoms with Gasteiger partial charge in [-0.05, 0) is 42.5 Å². The first-order valence-electron chi connectivity index (χ1n) is 6.10. The fraction of sp³-hybridized carbons (Fsp3) is 0. The third kappa shape index (κ3) is 4.15. The summed E-state index contributed by atoms with van der Waals surface area (Å²) in [6, 6.07) is 12.6. The SMILES string of the molecule is O=C(NC(=S)Nc1cc(N([O-])O)ccc1Cl)c1ccccc1. The Kier molecular flexibility index (Phi) is 5.29. The van der Waals surface area contributed by atoms with Gasteiger partial charge in [0.25, 0.3) is 5.91 Å². The molecule has 0 unspecified atom stereocenters. The second kappa shape index (κ2) is 7.19. The van der Waals surface area contributed by atoms with E-state index in [0.717, 1.165) is 0 Å². The molecule has 6 nitrogen and oxygen atoms in total. The van der Waals surface area contributed by atoms with Crippen molar-refractivity contribution >= 4 is 46.2 Å². The third-order valence-corrected chi connectivity index (χ3v) is 3.22. The van der Waals surface area contributed by atoms with E-state index in [1.165, 1.54) is 18.2 Å². The molecule has 0 aliphatic heterocycles. The molecule has 0 aliphatic carbocycles. The van der Waals surface area contributed by atoms with E-state index in [4.69, 9.17) is 29.0 Å². The van der Waals surface area contributed by atoms with Crippen LogP contribution in [0.3, 0.4) is 0 Å². The van der Waals surface area contributed by atoms with Crippen molar-refractivity contribution in [1.82, 2.24) is 5.32 Å². The number of amides is 1. The molecule has 8 heteroatoms. The number of carbonyl (C=O) groups excluding carboxylic acids is 1. The van der Waals surface area contributed by atoms with Crippen LogP contribution in [0.15, 0.2) is 48.5 Å². The molecule has 0 spiro atoms. The van der Waals surface area contributed by atoms with Gasteiger partial charge in [0.1, 0.15) is 0 Å². The number of rotatable bonds is 3. The summed E-state index contributed by atoms with van der Waals surface area (Å²) in [4.78, 5) is 11.9. The molecule has 2 aromatic rings. The molecule has 2 rings (SSSR count). The highest BCUT2D eigenvalue weighted by atomic mass is 35.5. The normalized spacial score (nSPS) is 9.95. The Morgan fingerprint density at radius 1 is 1.23 bits per heavy atom. The number of thiocarbonyl (C=S) groups is 1. The molecule has 0 saturated heterocycles. The van der Waals surface area contributed by atoms with Crippen LogP contribution >= 0.6 is 23.8 Å². The predicted molar refractivity (Wildman–Crippen MR) is 89.2 cm³/mol. The van der Waals surface area contributed by atoms with Gasteiger partial charge in [-0.3, -0.25) is 15.3 Å². The van der Waals surface area contributed by atoms with Crippen LogP contribution in [-0.2, 0) is 0 Å². The minimum Gasteiger partial charge on any atom is -0.733 e. The van der Waals surface area contributed by atoms with E-state index in [0.29, 0.717) is 5.56 Å². The first-order chi connectivity index (χ1) is 10.5. The fourth-order valence-corrected chi connectivity index (χ4v) is 2.01. The summed E-state index contributed by atoms with van der Waals surface area (Å²) in [5.41, 5.74) is 0.712. The van der Waals surface area contributed by atoms with E-state index in [-0.39, 0.29) is 32.6 Å². The highest BCUT2D eigenvalue weighted by Gasteiger charge is 2.09. The zero-order valence-electron chi connectivity index (χ0n) is 11.1. The number of hydrogen-bond acceptors (Lipinski definition) is 5. The maximum absolute atomic E-state index is 11.9. The van der Waals surface area contributed by atoms with Crippen molar-refractivity contribution in [3.63, 3.8) is 0 Å². The Hall–Kier alpha value is -2.19. The zero-order chi connectivity index (χ0) is 16.1. The predicted octanol–water partition coefficient (Wildman–Crippen LogP) is 3.16. The topological polar surface area (TPSA) is 87.7 Å².